The van der Waals surface area contributed by atoms with E-state index >= 15 is 0 Å². The van der Waals surface area contributed by atoms with Gasteiger partial charge in [-0.25, -0.2) is 0 Å². The van der Waals surface area contributed by atoms with Gasteiger partial charge in [-0.2, -0.15) is 0 Å². The smallest absolute Gasteiger partial charge is 0.250 e. The van der Waals surface area contributed by atoms with E-state index in [9.17, 15) is 9.59 Å². The zero-order chi connectivity index (χ0) is 14.5. The van der Waals surface area contributed by atoms with Crippen molar-refractivity contribution < 1.29 is 9.59 Å². The number of hydrogen-bond acceptors (Lipinski definition) is 2. The van der Waals surface area contributed by atoms with Crippen molar-refractivity contribution >= 4 is 23.0 Å². The summed E-state index contributed by atoms with van der Waals surface area (Å²) in [4.78, 5) is 23.6. The molecule has 0 aliphatic heterocycles. The van der Waals surface area contributed by atoms with Crippen molar-refractivity contribution in [2.24, 2.45) is 11.5 Å². The SMILES string of the molecule is NC(=O)/C(=C(\C(N)=O)c1ccccc1)c1ccccc1. The molecule has 0 aromatic heterocycles. The molecule has 0 saturated carbocycles. The molecule has 0 atom stereocenters. The molecule has 2 amide bonds. The van der Waals surface area contributed by atoms with Gasteiger partial charge in [-0.1, -0.05) is 60.7 Å². The lowest BCUT2D eigenvalue weighted by Gasteiger charge is -2.11. The fourth-order valence-electron chi connectivity index (χ4n) is 2.03. The lowest BCUT2D eigenvalue weighted by atomic mass is 9.93. The summed E-state index contributed by atoms with van der Waals surface area (Å²) in [5.41, 5.74) is 12.3. The standard InChI is InChI=1S/C16H14N2O2/c17-15(19)13(11-7-3-1-4-8-11)14(16(18)20)12-9-5-2-6-10-12/h1-10H,(H2,17,19)(H2,18,20)/b14-13-. The van der Waals surface area contributed by atoms with E-state index in [0.717, 1.165) is 0 Å². The molecule has 2 aromatic rings. The molecule has 0 saturated heterocycles. The largest absolute Gasteiger partial charge is 0.366 e. The Morgan fingerprint density at radius 1 is 0.600 bits per heavy atom. The van der Waals surface area contributed by atoms with Crippen LogP contribution < -0.4 is 11.5 Å². The van der Waals surface area contributed by atoms with Gasteiger partial charge in [-0.15, -0.1) is 0 Å². The first-order valence-corrected chi connectivity index (χ1v) is 6.06. The zero-order valence-corrected chi connectivity index (χ0v) is 10.7. The Balaban J connectivity index is 2.74. The number of amides is 2. The first kappa shape index (κ1) is 13.5. The van der Waals surface area contributed by atoms with Crippen LogP contribution in [0.15, 0.2) is 60.7 Å². The third-order valence-electron chi connectivity index (χ3n) is 2.87. The highest BCUT2D eigenvalue weighted by atomic mass is 16.2. The quantitative estimate of drug-likeness (QED) is 0.650. The van der Waals surface area contributed by atoms with Gasteiger partial charge in [0.2, 0.25) is 11.8 Å². The lowest BCUT2D eigenvalue weighted by molar-refractivity contribution is -0.114. The van der Waals surface area contributed by atoms with Crippen LogP contribution in [0.2, 0.25) is 0 Å². The van der Waals surface area contributed by atoms with E-state index in [0.29, 0.717) is 11.1 Å². The van der Waals surface area contributed by atoms with Crippen molar-refractivity contribution in [3.8, 4) is 0 Å². The summed E-state index contributed by atoms with van der Waals surface area (Å²) in [5.74, 6) is -1.37. The van der Waals surface area contributed by atoms with E-state index in [4.69, 9.17) is 11.5 Å². The van der Waals surface area contributed by atoms with E-state index in [1.165, 1.54) is 0 Å². The van der Waals surface area contributed by atoms with Gasteiger partial charge in [0, 0.05) is 0 Å². The normalized spacial score (nSPS) is 11.6. The third kappa shape index (κ3) is 2.75. The minimum Gasteiger partial charge on any atom is -0.366 e. The minimum atomic E-state index is -0.686. The Kier molecular flexibility index (Phi) is 3.96. The molecule has 4 N–H and O–H groups in total. The number of hydrogen-bond donors (Lipinski definition) is 2. The summed E-state index contributed by atoms with van der Waals surface area (Å²) < 4.78 is 0. The summed E-state index contributed by atoms with van der Waals surface area (Å²) in [6.07, 6.45) is 0. The molecule has 2 rings (SSSR count). The number of nitrogens with two attached hydrogens (primary N) is 2. The van der Waals surface area contributed by atoms with E-state index in [2.05, 4.69) is 0 Å². The minimum absolute atomic E-state index is 0.129. The number of carbonyl (C=O) groups excluding carboxylic acids is 2. The van der Waals surface area contributed by atoms with Crippen LogP contribution in [0.4, 0.5) is 0 Å². The van der Waals surface area contributed by atoms with Crippen LogP contribution in [0.1, 0.15) is 11.1 Å². The van der Waals surface area contributed by atoms with Crippen LogP contribution in [0.3, 0.4) is 0 Å². The Morgan fingerprint density at radius 2 is 0.900 bits per heavy atom. The second-order valence-electron chi connectivity index (χ2n) is 4.21. The van der Waals surface area contributed by atoms with Crippen LogP contribution in [-0.2, 0) is 9.59 Å². The Labute approximate surface area is 116 Å². The highest BCUT2D eigenvalue weighted by Gasteiger charge is 2.20. The third-order valence-corrected chi connectivity index (χ3v) is 2.87. The van der Waals surface area contributed by atoms with Crippen LogP contribution in [0, 0.1) is 0 Å². The predicted octanol–water partition coefficient (Wildman–Crippen LogP) is 1.57. The predicted molar refractivity (Wildman–Crippen MR) is 78.1 cm³/mol. The molecule has 0 aliphatic carbocycles. The highest BCUT2D eigenvalue weighted by molar-refractivity contribution is 6.39. The van der Waals surface area contributed by atoms with Crippen LogP contribution >= 0.6 is 0 Å². The van der Waals surface area contributed by atoms with Gasteiger partial charge < -0.3 is 11.5 Å². The summed E-state index contributed by atoms with van der Waals surface area (Å²) in [5, 5.41) is 0. The molecule has 100 valence electrons. The van der Waals surface area contributed by atoms with E-state index in [1.807, 2.05) is 12.1 Å². The van der Waals surface area contributed by atoms with Crippen molar-refractivity contribution in [3.63, 3.8) is 0 Å². The molecular formula is C16H14N2O2. The number of carbonyl (C=O) groups is 2. The van der Waals surface area contributed by atoms with E-state index in [-0.39, 0.29) is 11.1 Å². The molecular weight excluding hydrogens is 252 g/mol. The molecule has 20 heavy (non-hydrogen) atoms. The van der Waals surface area contributed by atoms with Crippen LogP contribution in [0.5, 0.6) is 0 Å². The van der Waals surface area contributed by atoms with Crippen molar-refractivity contribution in [2.45, 2.75) is 0 Å². The van der Waals surface area contributed by atoms with Gasteiger partial charge in [0.15, 0.2) is 0 Å². The molecule has 4 nitrogen and oxygen atoms in total. The molecule has 0 fully saturated rings. The van der Waals surface area contributed by atoms with Crippen molar-refractivity contribution in [3.05, 3.63) is 71.8 Å². The van der Waals surface area contributed by atoms with Crippen molar-refractivity contribution in [1.29, 1.82) is 0 Å². The maximum atomic E-state index is 11.8. The number of benzene rings is 2. The lowest BCUT2D eigenvalue weighted by Crippen LogP contribution is -2.21. The molecule has 0 radical (unpaired) electrons. The average Bonchev–Trinajstić information content (AvgIpc) is 2.45. The molecule has 0 unspecified atom stereocenters. The highest BCUT2D eigenvalue weighted by Crippen LogP contribution is 2.26. The van der Waals surface area contributed by atoms with E-state index in [1.54, 1.807) is 48.5 Å². The molecule has 0 spiro atoms. The summed E-state index contributed by atoms with van der Waals surface area (Å²) in [7, 11) is 0. The van der Waals surface area contributed by atoms with Gasteiger partial charge in [0.05, 0.1) is 11.1 Å². The Hall–Kier alpha value is -2.88. The van der Waals surface area contributed by atoms with Gasteiger partial charge in [0.25, 0.3) is 0 Å². The molecule has 4 heteroatoms. The fraction of sp³-hybridized carbons (Fsp3) is 0. The number of rotatable bonds is 4. The Bertz CT molecular complexity index is 602. The summed E-state index contributed by atoms with van der Waals surface area (Å²) in [6.45, 7) is 0. The second-order valence-corrected chi connectivity index (χ2v) is 4.21. The molecule has 0 aliphatic rings. The monoisotopic (exact) mass is 266 g/mol. The van der Waals surface area contributed by atoms with Gasteiger partial charge in [-0.05, 0) is 11.1 Å². The maximum absolute atomic E-state index is 11.8. The molecule has 0 heterocycles. The maximum Gasteiger partial charge on any atom is 0.250 e. The topological polar surface area (TPSA) is 86.2 Å². The first-order chi connectivity index (χ1) is 9.61. The summed E-state index contributed by atoms with van der Waals surface area (Å²) >= 11 is 0. The fourth-order valence-corrected chi connectivity index (χ4v) is 2.03. The number of primary amides is 2. The zero-order valence-electron chi connectivity index (χ0n) is 10.7. The Morgan fingerprint density at radius 3 is 1.15 bits per heavy atom. The average molecular weight is 266 g/mol. The van der Waals surface area contributed by atoms with Crippen molar-refractivity contribution in [1.82, 2.24) is 0 Å². The van der Waals surface area contributed by atoms with Gasteiger partial charge in [0.1, 0.15) is 0 Å². The van der Waals surface area contributed by atoms with Crippen LogP contribution in [-0.4, -0.2) is 11.8 Å². The second kappa shape index (κ2) is 5.84. The summed E-state index contributed by atoms with van der Waals surface area (Å²) in [6, 6.07) is 17.5. The molecule has 2 aromatic carbocycles. The van der Waals surface area contributed by atoms with Gasteiger partial charge >= 0.3 is 0 Å². The van der Waals surface area contributed by atoms with Gasteiger partial charge in [-0.3, -0.25) is 9.59 Å². The van der Waals surface area contributed by atoms with E-state index < -0.39 is 11.8 Å². The van der Waals surface area contributed by atoms with Crippen molar-refractivity contribution in [2.75, 3.05) is 0 Å². The first-order valence-electron chi connectivity index (χ1n) is 6.06. The van der Waals surface area contributed by atoms with Crippen LogP contribution in [0.25, 0.3) is 11.1 Å². The molecule has 0 bridgehead atoms.